The van der Waals surface area contributed by atoms with E-state index in [1.807, 2.05) is 19.3 Å². The lowest BCUT2D eigenvalue weighted by atomic mass is 10.3. The number of aryl methyl sites for hydroxylation is 2. The van der Waals surface area contributed by atoms with Crippen LogP contribution < -0.4 is 0 Å². The van der Waals surface area contributed by atoms with Gasteiger partial charge in [0.1, 0.15) is 12.4 Å². The van der Waals surface area contributed by atoms with Crippen molar-refractivity contribution >= 4 is 5.91 Å². The van der Waals surface area contributed by atoms with Crippen molar-refractivity contribution in [2.24, 2.45) is 0 Å². The van der Waals surface area contributed by atoms with Crippen LogP contribution in [0.2, 0.25) is 0 Å². The number of carbonyl (C=O) groups is 1. The molecule has 1 aromatic heterocycles. The summed E-state index contributed by atoms with van der Waals surface area (Å²) in [5, 5.41) is 8.81. The van der Waals surface area contributed by atoms with Gasteiger partial charge in [-0.15, -0.1) is 0 Å². The summed E-state index contributed by atoms with van der Waals surface area (Å²) < 4.78 is 2.16. The van der Waals surface area contributed by atoms with Crippen molar-refractivity contribution in [1.29, 1.82) is 0 Å². The van der Waals surface area contributed by atoms with E-state index in [1.165, 1.54) is 0 Å². The maximum Gasteiger partial charge on any atom is 0.248 e. The minimum absolute atomic E-state index is 0.159. The van der Waals surface area contributed by atoms with Crippen LogP contribution in [0.3, 0.4) is 0 Å². The molecule has 1 amide bonds. The maximum absolute atomic E-state index is 11.3. The summed E-state index contributed by atoms with van der Waals surface area (Å²) in [5.41, 5.74) is 0. The molecule has 6 nitrogen and oxygen atoms in total. The molecule has 0 aromatic carbocycles. The molecule has 1 aliphatic rings. The molecule has 19 heavy (non-hydrogen) atoms. The molecular formula is C13H22N4O2. The summed E-state index contributed by atoms with van der Waals surface area (Å²) >= 11 is 0. The first-order valence-corrected chi connectivity index (χ1v) is 6.79. The summed E-state index contributed by atoms with van der Waals surface area (Å²) in [4.78, 5) is 19.6. The average Bonchev–Trinajstić information content (AvgIpc) is 2.84. The van der Waals surface area contributed by atoms with E-state index in [0.717, 1.165) is 51.5 Å². The molecule has 2 heterocycles. The number of aliphatic hydroxyl groups excluding tert-OH is 1. The topological polar surface area (TPSA) is 61.6 Å². The van der Waals surface area contributed by atoms with Gasteiger partial charge in [0, 0.05) is 45.1 Å². The van der Waals surface area contributed by atoms with Gasteiger partial charge in [-0.25, -0.2) is 4.98 Å². The normalized spacial score (nSPS) is 16.8. The molecule has 1 aromatic rings. The zero-order chi connectivity index (χ0) is 13.7. The fraction of sp³-hybridized carbons (Fsp3) is 0.692. The van der Waals surface area contributed by atoms with E-state index in [-0.39, 0.29) is 12.5 Å². The Morgan fingerprint density at radius 2 is 2.05 bits per heavy atom. The van der Waals surface area contributed by atoms with Gasteiger partial charge >= 0.3 is 0 Å². The van der Waals surface area contributed by atoms with Gasteiger partial charge in [0.2, 0.25) is 5.91 Å². The SMILES string of the molecule is Cc1nccn1CCCN1CCN(C(=O)CO)CC1. The summed E-state index contributed by atoms with van der Waals surface area (Å²) in [7, 11) is 0. The first-order valence-electron chi connectivity index (χ1n) is 6.79. The Hall–Kier alpha value is -1.40. The Bertz CT molecular complexity index is 411. The highest BCUT2D eigenvalue weighted by Gasteiger charge is 2.19. The van der Waals surface area contributed by atoms with Gasteiger partial charge in [0.25, 0.3) is 0 Å². The molecule has 0 unspecified atom stereocenters. The molecule has 6 heteroatoms. The van der Waals surface area contributed by atoms with E-state index in [4.69, 9.17) is 5.11 Å². The van der Waals surface area contributed by atoms with E-state index >= 15 is 0 Å². The van der Waals surface area contributed by atoms with E-state index in [1.54, 1.807) is 4.90 Å². The van der Waals surface area contributed by atoms with Gasteiger partial charge < -0.3 is 14.6 Å². The molecule has 1 saturated heterocycles. The van der Waals surface area contributed by atoms with Crippen LogP contribution in [-0.2, 0) is 11.3 Å². The lowest BCUT2D eigenvalue weighted by molar-refractivity contribution is -0.135. The number of aliphatic hydroxyl groups is 1. The standard InChI is InChI=1S/C13H22N4O2/c1-12-14-3-6-16(12)5-2-4-15-7-9-17(10-8-15)13(19)11-18/h3,6,18H,2,4-5,7-11H2,1H3. The Balaban J connectivity index is 1.66. The molecule has 0 atom stereocenters. The van der Waals surface area contributed by atoms with Crippen LogP contribution in [0, 0.1) is 6.92 Å². The maximum atomic E-state index is 11.3. The average molecular weight is 266 g/mol. The minimum atomic E-state index is -0.375. The molecule has 0 radical (unpaired) electrons. The summed E-state index contributed by atoms with van der Waals surface area (Å²) in [6.07, 6.45) is 4.92. The van der Waals surface area contributed by atoms with Crippen LogP contribution in [0.4, 0.5) is 0 Å². The van der Waals surface area contributed by atoms with Crippen molar-refractivity contribution < 1.29 is 9.90 Å². The second-order valence-corrected chi connectivity index (χ2v) is 4.90. The number of aromatic nitrogens is 2. The minimum Gasteiger partial charge on any atom is -0.387 e. The summed E-state index contributed by atoms with van der Waals surface area (Å²) in [6.45, 7) is 6.91. The summed E-state index contributed by atoms with van der Waals surface area (Å²) in [5.74, 6) is 0.895. The second kappa shape index (κ2) is 6.68. The Morgan fingerprint density at radius 3 is 2.63 bits per heavy atom. The largest absolute Gasteiger partial charge is 0.387 e. The van der Waals surface area contributed by atoms with Gasteiger partial charge in [-0.05, 0) is 19.9 Å². The Labute approximate surface area is 113 Å². The zero-order valence-electron chi connectivity index (χ0n) is 11.5. The fourth-order valence-corrected chi connectivity index (χ4v) is 2.43. The predicted octanol–water partition coefficient (Wildman–Crippen LogP) is -0.282. The van der Waals surface area contributed by atoms with E-state index in [9.17, 15) is 4.79 Å². The van der Waals surface area contributed by atoms with Crippen molar-refractivity contribution in [2.45, 2.75) is 19.9 Å². The molecule has 0 spiro atoms. The molecule has 1 fully saturated rings. The Morgan fingerprint density at radius 1 is 1.32 bits per heavy atom. The second-order valence-electron chi connectivity index (χ2n) is 4.90. The number of rotatable bonds is 5. The highest BCUT2D eigenvalue weighted by molar-refractivity contribution is 5.77. The van der Waals surface area contributed by atoms with Crippen LogP contribution >= 0.6 is 0 Å². The van der Waals surface area contributed by atoms with Gasteiger partial charge in [0.15, 0.2) is 0 Å². The lowest BCUT2D eigenvalue weighted by Crippen LogP contribution is -2.49. The molecule has 0 aliphatic carbocycles. The number of piperazine rings is 1. The van der Waals surface area contributed by atoms with Crippen molar-refractivity contribution in [2.75, 3.05) is 39.3 Å². The number of imidazole rings is 1. The van der Waals surface area contributed by atoms with Crippen molar-refractivity contribution in [3.8, 4) is 0 Å². The number of carbonyl (C=O) groups excluding carboxylic acids is 1. The molecule has 2 rings (SSSR count). The van der Waals surface area contributed by atoms with Crippen molar-refractivity contribution in [3.63, 3.8) is 0 Å². The number of amides is 1. The fourth-order valence-electron chi connectivity index (χ4n) is 2.43. The summed E-state index contributed by atoms with van der Waals surface area (Å²) in [6, 6.07) is 0. The third kappa shape index (κ3) is 3.78. The van der Waals surface area contributed by atoms with Crippen LogP contribution in [0.5, 0.6) is 0 Å². The van der Waals surface area contributed by atoms with Crippen LogP contribution in [0.15, 0.2) is 12.4 Å². The van der Waals surface area contributed by atoms with Crippen molar-refractivity contribution in [1.82, 2.24) is 19.4 Å². The molecule has 106 valence electrons. The first kappa shape index (κ1) is 14.0. The van der Waals surface area contributed by atoms with E-state index < -0.39 is 0 Å². The quantitative estimate of drug-likeness (QED) is 0.796. The van der Waals surface area contributed by atoms with E-state index in [0.29, 0.717) is 0 Å². The van der Waals surface area contributed by atoms with Crippen molar-refractivity contribution in [3.05, 3.63) is 18.2 Å². The third-order valence-electron chi connectivity index (χ3n) is 3.66. The molecule has 1 N–H and O–H groups in total. The molecule has 0 bridgehead atoms. The van der Waals surface area contributed by atoms with Gasteiger partial charge in [0.05, 0.1) is 0 Å². The molecule has 1 aliphatic heterocycles. The number of nitrogens with zero attached hydrogens (tertiary/aromatic N) is 4. The molecule has 0 saturated carbocycles. The van der Waals surface area contributed by atoms with Gasteiger partial charge in [-0.1, -0.05) is 0 Å². The highest BCUT2D eigenvalue weighted by atomic mass is 16.3. The van der Waals surface area contributed by atoms with E-state index in [2.05, 4.69) is 14.5 Å². The third-order valence-corrected chi connectivity index (χ3v) is 3.66. The number of hydrogen-bond acceptors (Lipinski definition) is 4. The van der Waals surface area contributed by atoms with Gasteiger partial charge in [-0.3, -0.25) is 9.69 Å². The van der Waals surface area contributed by atoms with Gasteiger partial charge in [-0.2, -0.15) is 0 Å². The monoisotopic (exact) mass is 266 g/mol. The van der Waals surface area contributed by atoms with Crippen LogP contribution in [0.1, 0.15) is 12.2 Å². The Kier molecular flexibility index (Phi) is 4.93. The first-order chi connectivity index (χ1) is 9.20. The predicted molar refractivity (Wildman–Crippen MR) is 71.7 cm³/mol. The highest BCUT2D eigenvalue weighted by Crippen LogP contribution is 2.04. The smallest absolute Gasteiger partial charge is 0.248 e. The zero-order valence-corrected chi connectivity index (χ0v) is 11.5. The van der Waals surface area contributed by atoms with Crippen LogP contribution in [0.25, 0.3) is 0 Å². The molecular weight excluding hydrogens is 244 g/mol. The number of hydrogen-bond donors (Lipinski definition) is 1. The lowest BCUT2D eigenvalue weighted by Gasteiger charge is -2.34. The van der Waals surface area contributed by atoms with Crippen LogP contribution in [-0.4, -0.2) is 69.7 Å².